The van der Waals surface area contributed by atoms with Crippen molar-refractivity contribution < 1.29 is 17.6 Å². The van der Waals surface area contributed by atoms with Crippen LogP contribution in [-0.4, -0.2) is 14.3 Å². The van der Waals surface area contributed by atoms with Crippen LogP contribution in [0.3, 0.4) is 0 Å². The van der Waals surface area contributed by atoms with Gasteiger partial charge in [-0.15, -0.1) is 0 Å². The first-order valence-electron chi connectivity index (χ1n) is 8.10. The van der Waals surface area contributed by atoms with Crippen molar-refractivity contribution in [3.05, 3.63) is 95.8 Å². The Hall–Kier alpha value is -3.19. The van der Waals surface area contributed by atoms with Gasteiger partial charge in [-0.2, -0.15) is 0 Å². The van der Waals surface area contributed by atoms with E-state index in [9.17, 15) is 17.6 Å². The second-order valence-corrected chi connectivity index (χ2v) is 7.72. The molecule has 0 heterocycles. The van der Waals surface area contributed by atoms with Crippen LogP contribution in [0.4, 0.5) is 10.1 Å². The highest BCUT2D eigenvalue weighted by Gasteiger charge is 2.25. The van der Waals surface area contributed by atoms with Crippen LogP contribution in [0.15, 0.2) is 83.8 Å². The fraction of sp³-hybridized carbons (Fsp3) is 0.0500. The third-order valence-electron chi connectivity index (χ3n) is 4.01. The van der Waals surface area contributed by atoms with Crippen molar-refractivity contribution in [3.63, 3.8) is 0 Å². The molecule has 0 saturated carbocycles. The lowest BCUT2D eigenvalue weighted by Gasteiger charge is -2.25. The van der Waals surface area contributed by atoms with E-state index >= 15 is 0 Å². The van der Waals surface area contributed by atoms with Gasteiger partial charge in [0, 0.05) is 5.56 Å². The molecule has 138 valence electrons. The van der Waals surface area contributed by atoms with Gasteiger partial charge in [-0.05, 0) is 54.1 Å². The molecule has 0 aliphatic rings. The van der Waals surface area contributed by atoms with Crippen molar-refractivity contribution in [3.8, 4) is 0 Å². The van der Waals surface area contributed by atoms with E-state index in [0.717, 1.165) is 12.1 Å². The standard InChI is InChI=1S/C20H17FN2O3S/c21-17-10-12-19(13-11-17)27(25,26)23(18-4-2-1-3-5-18)14-15-6-8-16(9-7-15)20(22)24/h1-13H,14H2,(H2,22,24). The number of benzene rings is 3. The smallest absolute Gasteiger partial charge is 0.264 e. The number of nitrogens with two attached hydrogens (primary N) is 1. The number of carbonyl (C=O) groups is 1. The Labute approximate surface area is 156 Å². The summed E-state index contributed by atoms with van der Waals surface area (Å²) in [7, 11) is -3.92. The quantitative estimate of drug-likeness (QED) is 0.708. The Morgan fingerprint density at radius 3 is 2.04 bits per heavy atom. The van der Waals surface area contributed by atoms with Gasteiger partial charge in [0.25, 0.3) is 10.0 Å². The summed E-state index contributed by atoms with van der Waals surface area (Å²) in [5.74, 6) is -1.07. The number of carbonyl (C=O) groups excluding carboxylic acids is 1. The largest absolute Gasteiger partial charge is 0.366 e. The minimum atomic E-state index is -3.92. The highest BCUT2D eigenvalue weighted by atomic mass is 32.2. The van der Waals surface area contributed by atoms with Crippen LogP contribution in [0.5, 0.6) is 0 Å². The summed E-state index contributed by atoms with van der Waals surface area (Å²) in [6.07, 6.45) is 0. The Morgan fingerprint density at radius 1 is 0.889 bits per heavy atom. The second-order valence-electron chi connectivity index (χ2n) is 5.86. The number of sulfonamides is 1. The highest BCUT2D eigenvalue weighted by Crippen LogP contribution is 2.26. The maximum atomic E-state index is 13.2. The van der Waals surface area contributed by atoms with E-state index in [1.54, 1.807) is 54.6 Å². The van der Waals surface area contributed by atoms with E-state index in [4.69, 9.17) is 5.73 Å². The van der Waals surface area contributed by atoms with Gasteiger partial charge in [-0.3, -0.25) is 9.10 Å². The molecule has 2 N–H and O–H groups in total. The summed E-state index contributed by atoms with van der Waals surface area (Å²) in [5.41, 5.74) is 6.73. The molecule has 0 unspecified atom stereocenters. The van der Waals surface area contributed by atoms with E-state index in [1.807, 2.05) is 0 Å². The van der Waals surface area contributed by atoms with Crippen LogP contribution in [0.25, 0.3) is 0 Å². The Balaban J connectivity index is 2.01. The number of halogens is 1. The number of rotatable bonds is 6. The van der Waals surface area contributed by atoms with E-state index < -0.39 is 21.7 Å². The minimum absolute atomic E-state index is 0.0125. The van der Waals surface area contributed by atoms with Crippen LogP contribution in [0.2, 0.25) is 0 Å². The van der Waals surface area contributed by atoms with E-state index in [-0.39, 0.29) is 11.4 Å². The number of para-hydroxylation sites is 1. The number of nitrogens with zero attached hydrogens (tertiary/aromatic N) is 1. The van der Waals surface area contributed by atoms with Crippen LogP contribution in [0, 0.1) is 5.82 Å². The van der Waals surface area contributed by atoms with Crippen molar-refractivity contribution in [2.75, 3.05) is 4.31 Å². The molecule has 0 aliphatic carbocycles. The van der Waals surface area contributed by atoms with Gasteiger partial charge in [0.05, 0.1) is 17.1 Å². The molecule has 0 radical (unpaired) electrons. The Kier molecular flexibility index (Phi) is 5.23. The number of hydrogen-bond acceptors (Lipinski definition) is 3. The van der Waals surface area contributed by atoms with Gasteiger partial charge < -0.3 is 5.73 Å². The molecule has 1 amide bonds. The SMILES string of the molecule is NC(=O)c1ccc(CN(c2ccccc2)S(=O)(=O)c2ccc(F)cc2)cc1. The molecule has 0 aliphatic heterocycles. The third kappa shape index (κ3) is 4.15. The molecule has 0 saturated heterocycles. The van der Waals surface area contributed by atoms with Crippen LogP contribution in [0.1, 0.15) is 15.9 Å². The van der Waals surface area contributed by atoms with Gasteiger partial charge in [-0.25, -0.2) is 12.8 Å². The predicted octanol–water partition coefficient (Wildman–Crippen LogP) is 3.32. The minimum Gasteiger partial charge on any atom is -0.366 e. The van der Waals surface area contributed by atoms with Gasteiger partial charge >= 0.3 is 0 Å². The zero-order chi connectivity index (χ0) is 19.4. The van der Waals surface area contributed by atoms with Crippen molar-refractivity contribution >= 4 is 21.6 Å². The molecule has 5 nitrogen and oxygen atoms in total. The van der Waals surface area contributed by atoms with Crippen LogP contribution < -0.4 is 10.0 Å². The summed E-state index contributed by atoms with van der Waals surface area (Å²) in [6, 6.07) is 19.7. The first-order valence-corrected chi connectivity index (χ1v) is 9.54. The van der Waals surface area contributed by atoms with Gasteiger partial charge in [-0.1, -0.05) is 30.3 Å². The normalized spacial score (nSPS) is 11.1. The molecule has 7 heteroatoms. The van der Waals surface area contributed by atoms with E-state index in [1.165, 1.54) is 16.4 Å². The third-order valence-corrected chi connectivity index (χ3v) is 5.80. The first kappa shape index (κ1) is 18.6. The van der Waals surface area contributed by atoms with Crippen molar-refractivity contribution in [2.24, 2.45) is 5.73 Å². The summed E-state index contributed by atoms with van der Waals surface area (Å²) in [4.78, 5) is 11.2. The first-order chi connectivity index (χ1) is 12.9. The highest BCUT2D eigenvalue weighted by molar-refractivity contribution is 7.92. The molecule has 0 atom stereocenters. The van der Waals surface area contributed by atoms with E-state index in [2.05, 4.69) is 0 Å². The molecule has 3 rings (SSSR count). The molecule has 0 bridgehead atoms. The second kappa shape index (κ2) is 7.59. The van der Waals surface area contributed by atoms with Crippen molar-refractivity contribution in [1.82, 2.24) is 0 Å². The molecule has 27 heavy (non-hydrogen) atoms. The lowest BCUT2D eigenvalue weighted by Crippen LogP contribution is -2.30. The zero-order valence-corrected chi connectivity index (χ0v) is 15.1. The number of primary amides is 1. The van der Waals surface area contributed by atoms with Gasteiger partial charge in [0.15, 0.2) is 0 Å². The number of anilines is 1. The average Bonchev–Trinajstić information content (AvgIpc) is 2.67. The maximum Gasteiger partial charge on any atom is 0.264 e. The molecule has 0 aromatic heterocycles. The molecular formula is C20H17FN2O3S. The van der Waals surface area contributed by atoms with Crippen molar-refractivity contribution in [1.29, 1.82) is 0 Å². The summed E-state index contributed by atoms with van der Waals surface area (Å²) >= 11 is 0. The summed E-state index contributed by atoms with van der Waals surface area (Å²) < 4.78 is 40.7. The van der Waals surface area contributed by atoms with Crippen molar-refractivity contribution in [2.45, 2.75) is 11.4 Å². The zero-order valence-electron chi connectivity index (χ0n) is 14.2. The Morgan fingerprint density at radius 2 is 1.48 bits per heavy atom. The molecular weight excluding hydrogens is 367 g/mol. The molecule has 0 fully saturated rings. The Bertz CT molecular complexity index is 1030. The average molecular weight is 384 g/mol. The summed E-state index contributed by atoms with van der Waals surface area (Å²) in [5, 5.41) is 0. The molecule has 3 aromatic carbocycles. The number of hydrogen-bond donors (Lipinski definition) is 1. The maximum absolute atomic E-state index is 13.2. The monoisotopic (exact) mass is 384 g/mol. The fourth-order valence-electron chi connectivity index (χ4n) is 2.58. The number of amides is 1. The van der Waals surface area contributed by atoms with Gasteiger partial charge in [0.2, 0.25) is 5.91 Å². The van der Waals surface area contributed by atoms with Crippen LogP contribution >= 0.6 is 0 Å². The lowest BCUT2D eigenvalue weighted by molar-refractivity contribution is 0.100. The lowest BCUT2D eigenvalue weighted by atomic mass is 10.1. The molecule has 3 aromatic rings. The summed E-state index contributed by atoms with van der Waals surface area (Å²) in [6.45, 7) is 0.0444. The van der Waals surface area contributed by atoms with Crippen LogP contribution in [-0.2, 0) is 16.6 Å². The van der Waals surface area contributed by atoms with Gasteiger partial charge in [0.1, 0.15) is 5.82 Å². The van der Waals surface area contributed by atoms with E-state index in [0.29, 0.717) is 16.8 Å². The predicted molar refractivity (Wildman–Crippen MR) is 101 cm³/mol. The topological polar surface area (TPSA) is 80.5 Å². The molecule has 0 spiro atoms. The fourth-order valence-corrected chi connectivity index (χ4v) is 4.04.